The standard InChI is InChI=1S/C12H9FN4O.C2H6/c1-7-5-17(9-2-8(13)3-14-4-9)11-10(7)12(18)16-6-15-11;1-2/h2-6H,1H3,(H,15,16,18);1-2H3. The Morgan fingerprint density at radius 2 is 2.05 bits per heavy atom. The van der Waals surface area contributed by atoms with Crippen molar-refractivity contribution in [2.24, 2.45) is 0 Å². The van der Waals surface area contributed by atoms with E-state index in [0.29, 0.717) is 16.7 Å². The molecule has 3 rings (SSSR count). The molecule has 0 aliphatic heterocycles. The number of aromatic amines is 1. The first-order valence-electron chi connectivity index (χ1n) is 6.33. The minimum atomic E-state index is -0.433. The molecule has 6 heteroatoms. The van der Waals surface area contributed by atoms with Gasteiger partial charge in [0.2, 0.25) is 0 Å². The third kappa shape index (κ3) is 2.32. The van der Waals surface area contributed by atoms with Gasteiger partial charge in [-0.3, -0.25) is 14.3 Å². The Hall–Kier alpha value is -2.50. The van der Waals surface area contributed by atoms with Crippen LogP contribution in [0.4, 0.5) is 4.39 Å². The van der Waals surface area contributed by atoms with Crippen LogP contribution in [0.15, 0.2) is 35.8 Å². The fourth-order valence-corrected chi connectivity index (χ4v) is 1.98. The van der Waals surface area contributed by atoms with Crippen molar-refractivity contribution >= 4 is 11.0 Å². The van der Waals surface area contributed by atoms with Crippen molar-refractivity contribution < 1.29 is 4.39 Å². The molecule has 5 nitrogen and oxygen atoms in total. The molecule has 0 aliphatic carbocycles. The maximum Gasteiger partial charge on any atom is 0.260 e. The lowest BCUT2D eigenvalue weighted by molar-refractivity contribution is 0.620. The van der Waals surface area contributed by atoms with Crippen LogP contribution in [-0.4, -0.2) is 19.5 Å². The topological polar surface area (TPSA) is 63.6 Å². The molecule has 0 atom stereocenters. The number of hydrogen-bond donors (Lipinski definition) is 1. The first-order chi connectivity index (χ1) is 9.66. The Kier molecular flexibility index (Phi) is 3.93. The van der Waals surface area contributed by atoms with Gasteiger partial charge in [0.15, 0.2) is 5.65 Å². The smallest absolute Gasteiger partial charge is 0.260 e. The van der Waals surface area contributed by atoms with Crippen molar-refractivity contribution in [3.63, 3.8) is 0 Å². The summed E-state index contributed by atoms with van der Waals surface area (Å²) in [6, 6.07) is 1.34. The molecule has 104 valence electrons. The summed E-state index contributed by atoms with van der Waals surface area (Å²) >= 11 is 0. The van der Waals surface area contributed by atoms with Crippen LogP contribution in [0.25, 0.3) is 16.7 Å². The largest absolute Gasteiger partial charge is 0.312 e. The van der Waals surface area contributed by atoms with Gasteiger partial charge >= 0.3 is 0 Å². The second-order valence-corrected chi connectivity index (χ2v) is 3.97. The van der Waals surface area contributed by atoms with Crippen LogP contribution in [0, 0.1) is 12.7 Å². The third-order valence-corrected chi connectivity index (χ3v) is 2.75. The van der Waals surface area contributed by atoms with Crippen molar-refractivity contribution in [3.8, 4) is 5.69 Å². The number of aryl methyl sites for hydroxylation is 1. The number of H-pyrrole nitrogens is 1. The summed E-state index contributed by atoms with van der Waals surface area (Å²) in [5.41, 5.74) is 1.60. The number of rotatable bonds is 1. The minimum Gasteiger partial charge on any atom is -0.312 e. The van der Waals surface area contributed by atoms with E-state index in [9.17, 15) is 9.18 Å². The molecule has 0 unspecified atom stereocenters. The highest BCUT2D eigenvalue weighted by atomic mass is 19.1. The number of halogens is 1. The predicted molar refractivity (Wildman–Crippen MR) is 75.5 cm³/mol. The van der Waals surface area contributed by atoms with E-state index in [1.54, 1.807) is 10.8 Å². The highest BCUT2D eigenvalue weighted by molar-refractivity contribution is 5.80. The molecule has 0 radical (unpaired) electrons. The summed E-state index contributed by atoms with van der Waals surface area (Å²) in [5.74, 6) is -0.433. The lowest BCUT2D eigenvalue weighted by atomic mass is 10.3. The Bertz CT molecular complexity index is 791. The normalized spacial score (nSPS) is 10.2. The molecule has 20 heavy (non-hydrogen) atoms. The van der Waals surface area contributed by atoms with Crippen LogP contribution in [0.2, 0.25) is 0 Å². The van der Waals surface area contributed by atoms with Crippen molar-refractivity contribution in [2.45, 2.75) is 20.8 Å². The number of aromatic nitrogens is 4. The molecule has 3 aromatic heterocycles. The van der Waals surface area contributed by atoms with E-state index in [2.05, 4.69) is 15.0 Å². The molecular weight excluding hydrogens is 259 g/mol. The molecular formula is C14H15FN4O. The van der Waals surface area contributed by atoms with Gasteiger partial charge in [0.1, 0.15) is 5.82 Å². The predicted octanol–water partition coefficient (Wildman–Crippen LogP) is 2.58. The van der Waals surface area contributed by atoms with Crippen LogP contribution in [0.3, 0.4) is 0 Å². The number of fused-ring (bicyclic) bond motifs is 1. The van der Waals surface area contributed by atoms with Crippen LogP contribution in [0.1, 0.15) is 19.4 Å². The molecule has 0 bridgehead atoms. The zero-order chi connectivity index (χ0) is 14.7. The number of nitrogens with one attached hydrogen (secondary N) is 1. The van der Waals surface area contributed by atoms with E-state index in [4.69, 9.17) is 0 Å². The van der Waals surface area contributed by atoms with Gasteiger partial charge in [-0.25, -0.2) is 9.37 Å². The molecule has 0 spiro atoms. The lowest BCUT2D eigenvalue weighted by Gasteiger charge is -2.03. The second kappa shape index (κ2) is 5.64. The first kappa shape index (κ1) is 13.9. The van der Waals surface area contributed by atoms with Crippen molar-refractivity contribution in [2.75, 3.05) is 0 Å². The summed E-state index contributed by atoms with van der Waals surface area (Å²) in [7, 11) is 0. The molecule has 3 aromatic rings. The average molecular weight is 274 g/mol. The van der Waals surface area contributed by atoms with Gasteiger partial charge in [0, 0.05) is 12.3 Å². The Labute approximate surface area is 115 Å². The van der Waals surface area contributed by atoms with Gasteiger partial charge in [0.05, 0.1) is 29.8 Å². The minimum absolute atomic E-state index is 0.208. The zero-order valence-electron chi connectivity index (χ0n) is 11.5. The molecule has 0 saturated heterocycles. The molecule has 0 fully saturated rings. The molecule has 3 heterocycles. The lowest BCUT2D eigenvalue weighted by Crippen LogP contribution is -2.07. The highest BCUT2D eigenvalue weighted by Gasteiger charge is 2.11. The summed E-state index contributed by atoms with van der Waals surface area (Å²) < 4.78 is 14.8. The maximum absolute atomic E-state index is 13.2. The van der Waals surface area contributed by atoms with Crippen LogP contribution in [0.5, 0.6) is 0 Å². The summed E-state index contributed by atoms with van der Waals surface area (Å²) in [6.07, 6.45) is 5.71. The third-order valence-electron chi connectivity index (χ3n) is 2.75. The van der Waals surface area contributed by atoms with E-state index in [-0.39, 0.29) is 5.56 Å². The zero-order valence-corrected chi connectivity index (χ0v) is 11.5. The van der Waals surface area contributed by atoms with Gasteiger partial charge in [-0.15, -0.1) is 0 Å². The van der Waals surface area contributed by atoms with E-state index in [0.717, 1.165) is 11.8 Å². The SMILES string of the molecule is CC.Cc1cn(-c2cncc(F)c2)c2nc[nH]c(=O)c12. The highest BCUT2D eigenvalue weighted by Crippen LogP contribution is 2.19. The quantitative estimate of drug-likeness (QED) is 0.741. The molecule has 0 aliphatic rings. The average Bonchev–Trinajstić information content (AvgIpc) is 2.80. The van der Waals surface area contributed by atoms with Gasteiger partial charge in [-0.1, -0.05) is 13.8 Å². The van der Waals surface area contributed by atoms with Crippen molar-refractivity contribution in [3.05, 3.63) is 52.7 Å². The van der Waals surface area contributed by atoms with E-state index >= 15 is 0 Å². The molecule has 0 amide bonds. The summed E-state index contributed by atoms with van der Waals surface area (Å²) in [5, 5.41) is 0.502. The van der Waals surface area contributed by atoms with E-state index < -0.39 is 5.82 Å². The molecule has 0 saturated carbocycles. The first-order valence-corrected chi connectivity index (χ1v) is 6.33. The van der Waals surface area contributed by atoms with E-state index in [1.165, 1.54) is 18.6 Å². The second-order valence-electron chi connectivity index (χ2n) is 3.97. The van der Waals surface area contributed by atoms with E-state index in [1.807, 2.05) is 20.8 Å². The maximum atomic E-state index is 13.2. The number of nitrogens with zero attached hydrogens (tertiary/aromatic N) is 3. The van der Waals surface area contributed by atoms with Gasteiger partial charge in [-0.05, 0) is 12.5 Å². The van der Waals surface area contributed by atoms with Gasteiger partial charge in [-0.2, -0.15) is 0 Å². The molecule has 0 aromatic carbocycles. The van der Waals surface area contributed by atoms with Crippen molar-refractivity contribution in [1.29, 1.82) is 0 Å². The van der Waals surface area contributed by atoms with Gasteiger partial charge < -0.3 is 4.98 Å². The van der Waals surface area contributed by atoms with Gasteiger partial charge in [0.25, 0.3) is 5.56 Å². The fourth-order valence-electron chi connectivity index (χ4n) is 1.98. The Balaban J connectivity index is 0.000000704. The summed E-state index contributed by atoms with van der Waals surface area (Å²) in [6.45, 7) is 5.81. The van der Waals surface area contributed by atoms with Crippen molar-refractivity contribution in [1.82, 2.24) is 19.5 Å². The number of pyridine rings is 1. The number of hydrogen-bond acceptors (Lipinski definition) is 3. The summed E-state index contributed by atoms with van der Waals surface area (Å²) in [4.78, 5) is 22.1. The molecule has 1 N–H and O–H groups in total. The Morgan fingerprint density at radius 3 is 2.75 bits per heavy atom. The van der Waals surface area contributed by atoms with Crippen LogP contribution in [-0.2, 0) is 0 Å². The Morgan fingerprint density at radius 1 is 1.30 bits per heavy atom. The van der Waals surface area contributed by atoms with Crippen LogP contribution >= 0.6 is 0 Å². The fraction of sp³-hybridized carbons (Fsp3) is 0.214. The van der Waals surface area contributed by atoms with Crippen LogP contribution < -0.4 is 5.56 Å². The monoisotopic (exact) mass is 274 g/mol.